The predicted octanol–water partition coefficient (Wildman–Crippen LogP) is 2.07. The molecule has 108 valence electrons. The van der Waals surface area contributed by atoms with Gasteiger partial charge in [-0.1, -0.05) is 0 Å². The van der Waals surface area contributed by atoms with E-state index in [0.717, 1.165) is 25.9 Å². The number of carbonyl (C=O) groups is 2. The Balaban J connectivity index is 1.87. The van der Waals surface area contributed by atoms with Gasteiger partial charge >= 0.3 is 5.97 Å². The van der Waals surface area contributed by atoms with Gasteiger partial charge in [0.1, 0.15) is 11.4 Å². The maximum Gasteiger partial charge on any atom is 0.309 e. The lowest BCUT2D eigenvalue weighted by molar-refractivity contribution is -0.169. The number of ketones is 1. The second-order valence-corrected chi connectivity index (χ2v) is 6.36. The van der Waals surface area contributed by atoms with Crippen molar-refractivity contribution >= 4 is 11.8 Å². The normalized spacial score (nSPS) is 23.4. The number of esters is 1. The van der Waals surface area contributed by atoms with Crippen LogP contribution in [-0.4, -0.2) is 30.4 Å². The summed E-state index contributed by atoms with van der Waals surface area (Å²) >= 11 is 0. The molecule has 0 aromatic heterocycles. The van der Waals surface area contributed by atoms with Crippen molar-refractivity contribution in [2.75, 3.05) is 13.1 Å². The molecule has 0 atom stereocenters. The molecule has 1 saturated carbocycles. The molecule has 4 heteroatoms. The van der Waals surface area contributed by atoms with Crippen LogP contribution in [0.1, 0.15) is 52.4 Å². The number of Topliss-reactive ketones (excluding diaryl/α,β-unsaturated/α-hetero) is 1. The lowest BCUT2D eigenvalue weighted by atomic mass is 9.83. The fraction of sp³-hybridized carbons (Fsp3) is 0.867. The molecule has 0 aromatic rings. The van der Waals surface area contributed by atoms with Gasteiger partial charge in [-0.25, -0.2) is 0 Å². The first-order valence-electron chi connectivity index (χ1n) is 7.44. The number of carbonyl (C=O) groups excluding carboxylic acids is 2. The van der Waals surface area contributed by atoms with Gasteiger partial charge in [0.15, 0.2) is 0 Å². The molecule has 1 saturated heterocycles. The molecule has 2 rings (SSSR count). The average molecular weight is 267 g/mol. The summed E-state index contributed by atoms with van der Waals surface area (Å²) in [6, 6.07) is 0. The second kappa shape index (κ2) is 6.04. The van der Waals surface area contributed by atoms with Crippen molar-refractivity contribution in [2.24, 2.45) is 11.8 Å². The van der Waals surface area contributed by atoms with Gasteiger partial charge in [-0.3, -0.25) is 9.59 Å². The summed E-state index contributed by atoms with van der Waals surface area (Å²) in [4.78, 5) is 23.4. The van der Waals surface area contributed by atoms with Crippen molar-refractivity contribution in [1.29, 1.82) is 0 Å². The molecule has 0 spiro atoms. The van der Waals surface area contributed by atoms with Crippen LogP contribution in [0.5, 0.6) is 0 Å². The summed E-state index contributed by atoms with van der Waals surface area (Å²) in [6.07, 6.45) is 4.52. The molecule has 2 fully saturated rings. The van der Waals surface area contributed by atoms with Gasteiger partial charge in [-0.15, -0.1) is 0 Å². The van der Waals surface area contributed by atoms with Crippen LogP contribution in [0.15, 0.2) is 0 Å². The molecule has 19 heavy (non-hydrogen) atoms. The number of nitrogens with one attached hydrogen (secondary N) is 1. The minimum Gasteiger partial charge on any atom is -0.459 e. The number of hydrogen-bond acceptors (Lipinski definition) is 4. The molecule has 0 amide bonds. The molecule has 4 nitrogen and oxygen atoms in total. The van der Waals surface area contributed by atoms with E-state index in [1.54, 1.807) is 0 Å². The maximum atomic E-state index is 12.2. The van der Waals surface area contributed by atoms with Crippen molar-refractivity contribution < 1.29 is 14.3 Å². The van der Waals surface area contributed by atoms with E-state index in [2.05, 4.69) is 5.32 Å². The zero-order valence-corrected chi connectivity index (χ0v) is 12.0. The standard InChI is InChI=1S/C15H25NO3/c1-15(2,12-7-9-16-10-8-12)19-14(18)11-3-5-13(17)6-4-11/h11-12,16H,3-10H2,1-2H3. The van der Waals surface area contributed by atoms with Crippen LogP contribution in [0.2, 0.25) is 0 Å². The van der Waals surface area contributed by atoms with Crippen molar-refractivity contribution in [1.82, 2.24) is 5.32 Å². The fourth-order valence-electron chi connectivity index (χ4n) is 3.12. The summed E-state index contributed by atoms with van der Waals surface area (Å²) in [7, 11) is 0. The first-order valence-corrected chi connectivity index (χ1v) is 7.44. The van der Waals surface area contributed by atoms with E-state index < -0.39 is 0 Å². The van der Waals surface area contributed by atoms with Gasteiger partial charge in [0.05, 0.1) is 5.92 Å². The molecule has 1 heterocycles. The van der Waals surface area contributed by atoms with Gasteiger partial charge in [0.2, 0.25) is 0 Å². The largest absolute Gasteiger partial charge is 0.459 e. The summed E-state index contributed by atoms with van der Waals surface area (Å²) in [6.45, 7) is 6.05. The second-order valence-electron chi connectivity index (χ2n) is 6.36. The molecule has 0 radical (unpaired) electrons. The van der Waals surface area contributed by atoms with E-state index in [1.165, 1.54) is 0 Å². The molecule has 1 aliphatic carbocycles. The minimum atomic E-state index is -0.388. The first-order chi connectivity index (χ1) is 8.99. The third kappa shape index (κ3) is 3.78. The van der Waals surface area contributed by atoms with Gasteiger partial charge in [0, 0.05) is 18.8 Å². The maximum absolute atomic E-state index is 12.2. The zero-order chi connectivity index (χ0) is 13.9. The molecule has 1 N–H and O–H groups in total. The summed E-state index contributed by atoms with van der Waals surface area (Å²) in [5, 5.41) is 3.33. The third-order valence-electron chi connectivity index (χ3n) is 4.56. The Labute approximate surface area is 115 Å². The van der Waals surface area contributed by atoms with E-state index >= 15 is 0 Å². The topological polar surface area (TPSA) is 55.4 Å². The Bertz CT molecular complexity index is 335. The van der Waals surface area contributed by atoms with Crippen LogP contribution in [0, 0.1) is 11.8 Å². The van der Waals surface area contributed by atoms with Gasteiger partial charge in [-0.05, 0) is 52.6 Å². The van der Waals surface area contributed by atoms with Crippen LogP contribution in [0.3, 0.4) is 0 Å². The van der Waals surface area contributed by atoms with Gasteiger partial charge < -0.3 is 10.1 Å². The van der Waals surface area contributed by atoms with Crippen LogP contribution in [0.4, 0.5) is 0 Å². The Hall–Kier alpha value is -0.900. The fourth-order valence-corrected chi connectivity index (χ4v) is 3.12. The molecule has 1 aliphatic heterocycles. The Morgan fingerprint density at radius 2 is 1.74 bits per heavy atom. The molecule has 0 unspecified atom stereocenters. The van der Waals surface area contributed by atoms with Crippen molar-refractivity contribution in [2.45, 2.75) is 58.0 Å². The summed E-state index contributed by atoms with van der Waals surface area (Å²) in [5.74, 6) is 0.541. The van der Waals surface area contributed by atoms with Crippen molar-refractivity contribution in [3.05, 3.63) is 0 Å². The summed E-state index contributed by atoms with van der Waals surface area (Å²) in [5.41, 5.74) is -0.388. The minimum absolute atomic E-state index is 0.0707. The van der Waals surface area contributed by atoms with Crippen molar-refractivity contribution in [3.8, 4) is 0 Å². The van der Waals surface area contributed by atoms with Gasteiger partial charge in [0.25, 0.3) is 0 Å². The quantitative estimate of drug-likeness (QED) is 0.795. The highest BCUT2D eigenvalue weighted by Crippen LogP contribution is 2.31. The van der Waals surface area contributed by atoms with Crippen LogP contribution >= 0.6 is 0 Å². The van der Waals surface area contributed by atoms with Crippen LogP contribution < -0.4 is 5.32 Å². The van der Waals surface area contributed by atoms with E-state index in [1.807, 2.05) is 13.8 Å². The average Bonchev–Trinajstić information content (AvgIpc) is 2.40. The molecular weight excluding hydrogens is 242 g/mol. The lowest BCUT2D eigenvalue weighted by Crippen LogP contribution is -2.44. The number of rotatable bonds is 3. The highest BCUT2D eigenvalue weighted by Gasteiger charge is 2.36. The number of ether oxygens (including phenoxy) is 1. The third-order valence-corrected chi connectivity index (χ3v) is 4.56. The Morgan fingerprint density at radius 1 is 1.16 bits per heavy atom. The van der Waals surface area contributed by atoms with E-state index in [4.69, 9.17) is 4.74 Å². The first kappa shape index (κ1) is 14.5. The zero-order valence-electron chi connectivity index (χ0n) is 12.0. The smallest absolute Gasteiger partial charge is 0.309 e. The number of piperidine rings is 1. The lowest BCUT2D eigenvalue weighted by Gasteiger charge is -2.37. The number of hydrogen-bond donors (Lipinski definition) is 1. The van der Waals surface area contributed by atoms with Crippen LogP contribution in [0.25, 0.3) is 0 Å². The summed E-state index contributed by atoms with van der Waals surface area (Å²) < 4.78 is 5.77. The van der Waals surface area contributed by atoms with E-state index in [9.17, 15) is 9.59 Å². The van der Waals surface area contributed by atoms with Crippen molar-refractivity contribution in [3.63, 3.8) is 0 Å². The van der Waals surface area contributed by atoms with E-state index in [-0.39, 0.29) is 23.3 Å². The monoisotopic (exact) mass is 267 g/mol. The SMILES string of the molecule is CC(C)(OC(=O)C1CCC(=O)CC1)C1CCNCC1. The van der Waals surface area contributed by atoms with Crippen LogP contribution in [-0.2, 0) is 14.3 Å². The van der Waals surface area contributed by atoms with Gasteiger partial charge in [-0.2, -0.15) is 0 Å². The van der Waals surface area contributed by atoms with E-state index in [0.29, 0.717) is 31.6 Å². The Morgan fingerprint density at radius 3 is 2.32 bits per heavy atom. The molecular formula is C15H25NO3. The highest BCUT2D eigenvalue weighted by molar-refractivity contribution is 5.82. The Kier molecular flexibility index (Phi) is 4.61. The molecule has 2 aliphatic rings. The molecule has 0 bridgehead atoms. The molecule has 0 aromatic carbocycles. The highest BCUT2D eigenvalue weighted by atomic mass is 16.6. The predicted molar refractivity (Wildman–Crippen MR) is 72.7 cm³/mol.